The molecule has 0 saturated carbocycles. The zero-order valence-corrected chi connectivity index (χ0v) is 13.5. The number of rotatable bonds is 8. The fourth-order valence-corrected chi connectivity index (χ4v) is 2.64. The Morgan fingerprint density at radius 3 is 2.62 bits per heavy atom. The molecule has 1 N–H and O–H groups in total. The van der Waals surface area contributed by atoms with Gasteiger partial charge in [-0.05, 0) is 44.0 Å². The molecule has 2 aromatic rings. The smallest absolute Gasteiger partial charge is 0.129 e. The van der Waals surface area contributed by atoms with E-state index in [4.69, 9.17) is 4.98 Å². The minimum Gasteiger partial charge on any atom is -0.357 e. The van der Waals surface area contributed by atoms with Crippen molar-refractivity contribution in [2.24, 2.45) is 0 Å². The van der Waals surface area contributed by atoms with Gasteiger partial charge in [-0.15, -0.1) is 0 Å². The lowest BCUT2D eigenvalue weighted by atomic mass is 10.1. The van der Waals surface area contributed by atoms with E-state index < -0.39 is 0 Å². The van der Waals surface area contributed by atoms with Crippen molar-refractivity contribution in [3.8, 4) is 0 Å². The molecule has 1 aromatic heterocycles. The molecular formula is C18H27N3. The summed E-state index contributed by atoms with van der Waals surface area (Å²) in [5.74, 6) is 1.10. The highest BCUT2D eigenvalue weighted by atomic mass is 15.2. The van der Waals surface area contributed by atoms with E-state index in [-0.39, 0.29) is 0 Å². The van der Waals surface area contributed by atoms with Gasteiger partial charge in [0.05, 0.1) is 5.52 Å². The summed E-state index contributed by atoms with van der Waals surface area (Å²) in [6, 6.07) is 10.7. The van der Waals surface area contributed by atoms with E-state index in [2.05, 4.69) is 61.3 Å². The average Bonchev–Trinajstić information content (AvgIpc) is 2.52. The van der Waals surface area contributed by atoms with Crippen LogP contribution in [-0.2, 0) is 6.54 Å². The van der Waals surface area contributed by atoms with Crippen molar-refractivity contribution >= 4 is 16.7 Å². The van der Waals surface area contributed by atoms with Gasteiger partial charge in [0, 0.05) is 25.0 Å². The standard InChI is InChI=1S/C18H27N3/c1-4-11-19-14-15-13-18(21(6-3)12-5-2)20-17-10-8-7-9-16(15)17/h7-10,13,19H,4-6,11-12,14H2,1-3H3. The fraction of sp³-hybridized carbons (Fsp3) is 0.500. The van der Waals surface area contributed by atoms with Crippen LogP contribution in [0.3, 0.4) is 0 Å². The molecule has 0 aliphatic heterocycles. The molecule has 2 rings (SSSR count). The second-order valence-corrected chi connectivity index (χ2v) is 5.41. The van der Waals surface area contributed by atoms with Crippen molar-refractivity contribution in [3.63, 3.8) is 0 Å². The number of anilines is 1. The highest BCUT2D eigenvalue weighted by Crippen LogP contribution is 2.23. The summed E-state index contributed by atoms with van der Waals surface area (Å²) in [4.78, 5) is 7.21. The molecule has 0 saturated heterocycles. The van der Waals surface area contributed by atoms with Gasteiger partial charge in [0.1, 0.15) is 5.82 Å². The molecule has 3 nitrogen and oxygen atoms in total. The van der Waals surface area contributed by atoms with Crippen molar-refractivity contribution in [2.75, 3.05) is 24.5 Å². The molecule has 1 aromatic carbocycles. The van der Waals surface area contributed by atoms with E-state index in [0.717, 1.165) is 50.4 Å². The SMILES string of the molecule is CCCNCc1cc(N(CC)CCC)nc2ccccc12. The predicted octanol–water partition coefficient (Wildman–Crippen LogP) is 3.97. The van der Waals surface area contributed by atoms with E-state index in [1.807, 2.05) is 0 Å². The molecule has 0 atom stereocenters. The normalized spacial score (nSPS) is 11.0. The molecule has 0 fully saturated rings. The Labute approximate surface area is 128 Å². The Bertz CT molecular complexity index is 565. The second-order valence-electron chi connectivity index (χ2n) is 5.41. The lowest BCUT2D eigenvalue weighted by Gasteiger charge is -2.22. The van der Waals surface area contributed by atoms with E-state index in [1.165, 1.54) is 10.9 Å². The predicted molar refractivity (Wildman–Crippen MR) is 91.9 cm³/mol. The van der Waals surface area contributed by atoms with E-state index in [1.54, 1.807) is 0 Å². The maximum Gasteiger partial charge on any atom is 0.129 e. The highest BCUT2D eigenvalue weighted by molar-refractivity contribution is 5.84. The Morgan fingerprint density at radius 2 is 1.90 bits per heavy atom. The van der Waals surface area contributed by atoms with Crippen molar-refractivity contribution in [2.45, 2.75) is 40.2 Å². The molecule has 0 amide bonds. The molecule has 0 aliphatic carbocycles. The van der Waals surface area contributed by atoms with Crippen LogP contribution in [-0.4, -0.2) is 24.6 Å². The highest BCUT2D eigenvalue weighted by Gasteiger charge is 2.10. The zero-order chi connectivity index (χ0) is 15.1. The van der Waals surface area contributed by atoms with Gasteiger partial charge in [-0.3, -0.25) is 0 Å². The first-order valence-corrected chi connectivity index (χ1v) is 8.14. The molecule has 0 spiro atoms. The summed E-state index contributed by atoms with van der Waals surface area (Å²) < 4.78 is 0. The summed E-state index contributed by atoms with van der Waals surface area (Å²) >= 11 is 0. The number of aromatic nitrogens is 1. The first-order chi connectivity index (χ1) is 10.3. The summed E-state index contributed by atoms with van der Waals surface area (Å²) in [5, 5.41) is 4.77. The van der Waals surface area contributed by atoms with Gasteiger partial charge in [-0.2, -0.15) is 0 Å². The number of nitrogens with one attached hydrogen (secondary N) is 1. The molecule has 1 heterocycles. The molecule has 114 valence electrons. The Hall–Kier alpha value is -1.61. The molecule has 0 unspecified atom stereocenters. The van der Waals surface area contributed by atoms with Crippen LogP contribution in [0.1, 0.15) is 39.2 Å². The number of pyridine rings is 1. The van der Waals surface area contributed by atoms with Crippen LogP contribution in [0.15, 0.2) is 30.3 Å². The van der Waals surface area contributed by atoms with Gasteiger partial charge >= 0.3 is 0 Å². The van der Waals surface area contributed by atoms with Crippen molar-refractivity contribution in [1.29, 1.82) is 0 Å². The Kier molecular flexibility index (Phi) is 6.00. The third-order valence-electron chi connectivity index (χ3n) is 3.73. The Balaban J connectivity index is 2.38. The van der Waals surface area contributed by atoms with Crippen molar-refractivity contribution in [1.82, 2.24) is 10.3 Å². The maximum absolute atomic E-state index is 4.85. The van der Waals surface area contributed by atoms with Crippen LogP contribution in [0.25, 0.3) is 10.9 Å². The number of fused-ring (bicyclic) bond motifs is 1. The van der Waals surface area contributed by atoms with Gasteiger partial charge in [0.15, 0.2) is 0 Å². The minimum atomic E-state index is 0.910. The van der Waals surface area contributed by atoms with Crippen molar-refractivity contribution in [3.05, 3.63) is 35.9 Å². The first kappa shape index (κ1) is 15.8. The van der Waals surface area contributed by atoms with Crippen LogP contribution in [0.5, 0.6) is 0 Å². The fourth-order valence-electron chi connectivity index (χ4n) is 2.64. The van der Waals surface area contributed by atoms with Gasteiger partial charge in [-0.25, -0.2) is 4.98 Å². The lowest BCUT2D eigenvalue weighted by Crippen LogP contribution is -2.25. The minimum absolute atomic E-state index is 0.910. The average molecular weight is 285 g/mol. The van der Waals surface area contributed by atoms with Gasteiger partial charge in [-0.1, -0.05) is 32.0 Å². The molecule has 21 heavy (non-hydrogen) atoms. The van der Waals surface area contributed by atoms with Crippen LogP contribution >= 0.6 is 0 Å². The lowest BCUT2D eigenvalue weighted by molar-refractivity contribution is 0.677. The second kappa shape index (κ2) is 7.99. The van der Waals surface area contributed by atoms with Crippen LogP contribution in [0, 0.1) is 0 Å². The molecule has 0 radical (unpaired) electrons. The number of hydrogen-bond acceptors (Lipinski definition) is 3. The molecule has 3 heteroatoms. The quantitative estimate of drug-likeness (QED) is 0.744. The summed E-state index contributed by atoms with van der Waals surface area (Å²) in [6.45, 7) is 10.6. The summed E-state index contributed by atoms with van der Waals surface area (Å²) in [5.41, 5.74) is 2.44. The van der Waals surface area contributed by atoms with E-state index >= 15 is 0 Å². The van der Waals surface area contributed by atoms with Gasteiger partial charge in [0.2, 0.25) is 0 Å². The zero-order valence-electron chi connectivity index (χ0n) is 13.5. The Morgan fingerprint density at radius 1 is 1.10 bits per heavy atom. The molecule has 0 bridgehead atoms. The monoisotopic (exact) mass is 285 g/mol. The van der Waals surface area contributed by atoms with E-state index in [0.29, 0.717) is 0 Å². The first-order valence-electron chi connectivity index (χ1n) is 8.14. The molecular weight excluding hydrogens is 258 g/mol. The van der Waals surface area contributed by atoms with Crippen LogP contribution in [0.2, 0.25) is 0 Å². The summed E-state index contributed by atoms with van der Waals surface area (Å²) in [6.07, 6.45) is 2.30. The number of para-hydroxylation sites is 1. The number of hydrogen-bond donors (Lipinski definition) is 1. The van der Waals surface area contributed by atoms with Gasteiger partial charge in [0.25, 0.3) is 0 Å². The topological polar surface area (TPSA) is 28.2 Å². The number of benzene rings is 1. The molecule has 0 aliphatic rings. The van der Waals surface area contributed by atoms with Crippen LogP contribution < -0.4 is 10.2 Å². The number of nitrogens with zero attached hydrogens (tertiary/aromatic N) is 2. The maximum atomic E-state index is 4.85. The summed E-state index contributed by atoms with van der Waals surface area (Å²) in [7, 11) is 0. The van der Waals surface area contributed by atoms with Gasteiger partial charge < -0.3 is 10.2 Å². The van der Waals surface area contributed by atoms with Crippen LogP contribution in [0.4, 0.5) is 5.82 Å². The largest absolute Gasteiger partial charge is 0.357 e. The third-order valence-corrected chi connectivity index (χ3v) is 3.73. The third kappa shape index (κ3) is 3.94. The van der Waals surface area contributed by atoms with Crippen molar-refractivity contribution < 1.29 is 0 Å². The van der Waals surface area contributed by atoms with E-state index in [9.17, 15) is 0 Å².